The highest BCUT2D eigenvalue weighted by Gasteiger charge is 2.51. The van der Waals surface area contributed by atoms with Gasteiger partial charge in [0.25, 0.3) is 5.91 Å². The van der Waals surface area contributed by atoms with Gasteiger partial charge in [0.15, 0.2) is 11.4 Å². The van der Waals surface area contributed by atoms with Crippen molar-refractivity contribution in [3.8, 4) is 0 Å². The number of carbonyl (C=O) groups is 2. The fourth-order valence-corrected chi connectivity index (χ4v) is 3.66. The Balaban J connectivity index is 1.72. The number of benzene rings is 2. The molecule has 6 heteroatoms. The minimum absolute atomic E-state index is 0.0989. The van der Waals surface area contributed by atoms with E-state index in [2.05, 4.69) is 0 Å². The number of aryl methyl sites for hydroxylation is 1. The zero-order chi connectivity index (χ0) is 19.9. The predicted molar refractivity (Wildman–Crippen MR) is 105 cm³/mol. The molecule has 28 heavy (non-hydrogen) atoms. The van der Waals surface area contributed by atoms with Gasteiger partial charge in [-0.1, -0.05) is 41.4 Å². The fraction of sp³-hybridized carbons (Fsp3) is 0.182. The van der Waals surface area contributed by atoms with Gasteiger partial charge in [0.2, 0.25) is 5.78 Å². The molecule has 1 aromatic heterocycles. The molecule has 0 saturated carbocycles. The standard InChI is InChI=1S/C22H18ClNO4/c1-14-4-6-15(7-5-14)13-24-18-9-8-16(23)11-17(18)22(27,21(24)26)12-19(25)20-3-2-10-28-20/h2-11,27H,12-13H2,1H3. The summed E-state index contributed by atoms with van der Waals surface area (Å²) < 4.78 is 5.12. The van der Waals surface area contributed by atoms with Crippen molar-refractivity contribution in [3.05, 3.63) is 88.3 Å². The Bertz CT molecular complexity index is 1040. The van der Waals surface area contributed by atoms with Gasteiger partial charge in [-0.25, -0.2) is 0 Å². The minimum Gasteiger partial charge on any atom is -0.461 e. The van der Waals surface area contributed by atoms with Crippen molar-refractivity contribution in [3.63, 3.8) is 0 Å². The highest BCUT2D eigenvalue weighted by atomic mass is 35.5. The normalized spacial score (nSPS) is 18.4. The van der Waals surface area contributed by atoms with Crippen molar-refractivity contribution >= 4 is 29.0 Å². The molecule has 1 atom stereocenters. The largest absolute Gasteiger partial charge is 0.461 e. The summed E-state index contributed by atoms with van der Waals surface area (Å²) in [5.74, 6) is -0.906. The molecular weight excluding hydrogens is 378 g/mol. The van der Waals surface area contributed by atoms with Gasteiger partial charge in [0.05, 0.1) is 24.9 Å². The number of ketones is 1. The maximum absolute atomic E-state index is 13.2. The number of anilines is 1. The van der Waals surface area contributed by atoms with Crippen LogP contribution in [0.1, 0.15) is 33.7 Å². The summed E-state index contributed by atoms with van der Waals surface area (Å²) >= 11 is 6.12. The van der Waals surface area contributed by atoms with Gasteiger partial charge in [0, 0.05) is 10.6 Å². The summed E-state index contributed by atoms with van der Waals surface area (Å²) in [6.07, 6.45) is 0.958. The summed E-state index contributed by atoms with van der Waals surface area (Å²) in [4.78, 5) is 27.3. The Labute approximate surface area is 167 Å². The molecule has 1 aliphatic rings. The van der Waals surface area contributed by atoms with Crippen LogP contribution in [-0.2, 0) is 16.9 Å². The van der Waals surface area contributed by atoms with Crippen LogP contribution in [0.2, 0.25) is 5.02 Å². The number of aliphatic hydroxyl groups is 1. The molecule has 0 spiro atoms. The number of furan rings is 1. The monoisotopic (exact) mass is 395 g/mol. The van der Waals surface area contributed by atoms with E-state index in [4.69, 9.17) is 16.0 Å². The van der Waals surface area contributed by atoms with Gasteiger partial charge in [0.1, 0.15) is 0 Å². The molecule has 1 unspecified atom stereocenters. The highest BCUT2D eigenvalue weighted by Crippen LogP contribution is 2.44. The fourth-order valence-electron chi connectivity index (χ4n) is 3.48. The number of halogens is 1. The molecule has 2 heterocycles. The van der Waals surface area contributed by atoms with Crippen molar-refractivity contribution in [1.29, 1.82) is 0 Å². The average molecular weight is 396 g/mol. The lowest BCUT2D eigenvalue weighted by Gasteiger charge is -2.22. The van der Waals surface area contributed by atoms with Crippen molar-refractivity contribution in [1.82, 2.24) is 0 Å². The Morgan fingerprint density at radius 3 is 2.61 bits per heavy atom. The Hall–Kier alpha value is -2.89. The first-order chi connectivity index (χ1) is 13.4. The van der Waals surface area contributed by atoms with E-state index in [9.17, 15) is 14.7 Å². The third-order valence-electron chi connectivity index (χ3n) is 4.97. The van der Waals surface area contributed by atoms with Gasteiger partial charge in [-0.05, 0) is 42.8 Å². The van der Waals surface area contributed by atoms with E-state index >= 15 is 0 Å². The number of amides is 1. The molecule has 142 valence electrons. The molecular formula is C22H18ClNO4. The zero-order valence-electron chi connectivity index (χ0n) is 15.2. The van der Waals surface area contributed by atoms with Crippen LogP contribution in [0.4, 0.5) is 5.69 Å². The molecule has 0 saturated heterocycles. The van der Waals surface area contributed by atoms with Crippen LogP contribution in [0, 0.1) is 6.92 Å². The van der Waals surface area contributed by atoms with Crippen LogP contribution in [0.5, 0.6) is 0 Å². The van der Waals surface area contributed by atoms with E-state index in [0.29, 0.717) is 16.3 Å². The number of Topliss-reactive ketones (excluding diaryl/α,β-unsaturated/α-hetero) is 1. The van der Waals surface area contributed by atoms with Crippen LogP contribution in [0.25, 0.3) is 0 Å². The predicted octanol–water partition coefficient (Wildman–Crippen LogP) is 4.25. The molecule has 0 bridgehead atoms. The molecule has 1 N–H and O–H groups in total. The summed E-state index contributed by atoms with van der Waals surface area (Å²) in [6.45, 7) is 2.27. The number of hydrogen-bond acceptors (Lipinski definition) is 4. The molecule has 0 radical (unpaired) electrons. The highest BCUT2D eigenvalue weighted by molar-refractivity contribution is 6.31. The van der Waals surface area contributed by atoms with E-state index < -0.39 is 23.7 Å². The third kappa shape index (κ3) is 3.13. The Kier molecular flexibility index (Phi) is 4.57. The van der Waals surface area contributed by atoms with Crippen LogP contribution in [0.3, 0.4) is 0 Å². The van der Waals surface area contributed by atoms with E-state index in [1.807, 2.05) is 31.2 Å². The second-order valence-corrected chi connectivity index (χ2v) is 7.41. The van der Waals surface area contributed by atoms with Crippen LogP contribution in [0.15, 0.2) is 65.3 Å². The van der Waals surface area contributed by atoms with E-state index in [0.717, 1.165) is 11.1 Å². The minimum atomic E-state index is -1.99. The first-order valence-electron chi connectivity index (χ1n) is 8.85. The van der Waals surface area contributed by atoms with Crippen LogP contribution in [-0.4, -0.2) is 16.8 Å². The topological polar surface area (TPSA) is 70.8 Å². The summed E-state index contributed by atoms with van der Waals surface area (Å²) in [7, 11) is 0. The SMILES string of the molecule is Cc1ccc(CN2C(=O)C(O)(CC(=O)c3ccco3)c3cc(Cl)ccc32)cc1. The first kappa shape index (κ1) is 18.5. The van der Waals surface area contributed by atoms with Gasteiger partial charge in [-0.3, -0.25) is 9.59 Å². The number of rotatable bonds is 5. The zero-order valence-corrected chi connectivity index (χ0v) is 15.9. The summed E-state index contributed by atoms with van der Waals surface area (Å²) in [5.41, 5.74) is 0.918. The van der Waals surface area contributed by atoms with Gasteiger partial charge in [-0.2, -0.15) is 0 Å². The summed E-state index contributed by atoms with van der Waals surface area (Å²) in [6, 6.07) is 15.8. The van der Waals surface area contributed by atoms with Gasteiger partial charge < -0.3 is 14.4 Å². The number of fused-ring (bicyclic) bond motifs is 1. The van der Waals surface area contributed by atoms with Crippen LogP contribution >= 0.6 is 11.6 Å². The van der Waals surface area contributed by atoms with Crippen molar-refractivity contribution < 1.29 is 19.1 Å². The molecule has 3 aromatic rings. The van der Waals surface area contributed by atoms with Crippen molar-refractivity contribution in [2.24, 2.45) is 0 Å². The van der Waals surface area contributed by atoms with E-state index in [1.165, 1.54) is 17.2 Å². The van der Waals surface area contributed by atoms with Gasteiger partial charge in [-0.15, -0.1) is 0 Å². The van der Waals surface area contributed by atoms with Crippen LogP contribution < -0.4 is 4.90 Å². The Morgan fingerprint density at radius 2 is 1.93 bits per heavy atom. The van der Waals surface area contributed by atoms with E-state index in [-0.39, 0.29) is 12.3 Å². The quantitative estimate of drug-likeness (QED) is 0.655. The summed E-state index contributed by atoms with van der Waals surface area (Å²) in [5, 5.41) is 11.7. The number of hydrogen-bond donors (Lipinski definition) is 1. The number of nitrogens with zero attached hydrogens (tertiary/aromatic N) is 1. The molecule has 1 aliphatic heterocycles. The molecule has 0 fully saturated rings. The van der Waals surface area contributed by atoms with Crippen molar-refractivity contribution in [2.75, 3.05) is 4.90 Å². The maximum atomic E-state index is 13.2. The lowest BCUT2D eigenvalue weighted by molar-refractivity contribution is -0.136. The smallest absolute Gasteiger partial charge is 0.264 e. The first-order valence-corrected chi connectivity index (χ1v) is 9.23. The lowest BCUT2D eigenvalue weighted by Crippen LogP contribution is -2.41. The molecule has 0 aliphatic carbocycles. The molecule has 2 aromatic carbocycles. The maximum Gasteiger partial charge on any atom is 0.264 e. The molecule has 1 amide bonds. The number of carbonyl (C=O) groups excluding carboxylic acids is 2. The van der Waals surface area contributed by atoms with Gasteiger partial charge >= 0.3 is 0 Å². The average Bonchev–Trinajstić information content (AvgIpc) is 3.27. The molecule has 5 nitrogen and oxygen atoms in total. The molecule has 4 rings (SSSR count). The van der Waals surface area contributed by atoms with E-state index in [1.54, 1.807) is 24.3 Å². The Morgan fingerprint density at radius 1 is 1.18 bits per heavy atom. The lowest BCUT2D eigenvalue weighted by atomic mass is 9.89. The third-order valence-corrected chi connectivity index (χ3v) is 5.20. The van der Waals surface area contributed by atoms with Crippen molar-refractivity contribution in [2.45, 2.75) is 25.5 Å². The second-order valence-electron chi connectivity index (χ2n) is 6.98. The second kappa shape index (κ2) is 6.93.